The van der Waals surface area contributed by atoms with Crippen molar-refractivity contribution in [2.75, 3.05) is 0 Å². The second-order valence-corrected chi connectivity index (χ2v) is 4.64. The summed E-state index contributed by atoms with van der Waals surface area (Å²) >= 11 is 0. The number of hydrogen-bond donors (Lipinski definition) is 0. The van der Waals surface area contributed by atoms with E-state index in [1.54, 1.807) is 12.3 Å². The fourth-order valence-electron chi connectivity index (χ4n) is 2.24. The van der Waals surface area contributed by atoms with Crippen LogP contribution in [0.3, 0.4) is 0 Å². The first-order valence-electron chi connectivity index (χ1n) is 6.42. The molecule has 102 valence electrons. The van der Waals surface area contributed by atoms with Crippen molar-refractivity contribution in [3.8, 4) is 0 Å². The number of rotatable bonds is 2. The second-order valence-electron chi connectivity index (χ2n) is 4.64. The molecule has 0 aliphatic rings. The summed E-state index contributed by atoms with van der Waals surface area (Å²) in [6.07, 6.45) is 3.11. The van der Waals surface area contributed by atoms with Gasteiger partial charge in [0.05, 0.1) is 12.7 Å². The summed E-state index contributed by atoms with van der Waals surface area (Å²) in [6.45, 7) is 0.446. The number of aromatic nitrogens is 6. The number of benzene rings is 1. The van der Waals surface area contributed by atoms with Crippen LogP contribution in [0.25, 0.3) is 16.8 Å². The second kappa shape index (κ2) is 4.48. The number of hydrogen-bond acceptors (Lipinski definition) is 5. The smallest absolute Gasteiger partial charge is 0.283 e. The normalized spacial score (nSPS) is 11.2. The SMILES string of the molecule is O=c1c2nnc3ccnn3c2ncn1Cc1ccccc1. The fraction of sp³-hybridized carbons (Fsp3) is 0.0714. The van der Waals surface area contributed by atoms with E-state index < -0.39 is 0 Å². The summed E-state index contributed by atoms with van der Waals surface area (Å²) in [5, 5.41) is 12.1. The first-order valence-corrected chi connectivity index (χ1v) is 6.42. The highest BCUT2D eigenvalue weighted by Crippen LogP contribution is 2.06. The molecule has 0 atom stereocenters. The van der Waals surface area contributed by atoms with Gasteiger partial charge >= 0.3 is 0 Å². The molecule has 3 aromatic heterocycles. The van der Waals surface area contributed by atoms with Gasteiger partial charge in [-0.3, -0.25) is 9.36 Å². The largest absolute Gasteiger partial charge is 0.293 e. The van der Waals surface area contributed by atoms with Gasteiger partial charge in [0.1, 0.15) is 6.33 Å². The molecule has 0 saturated carbocycles. The van der Waals surface area contributed by atoms with E-state index in [1.807, 2.05) is 30.3 Å². The summed E-state index contributed by atoms with van der Waals surface area (Å²) in [5.41, 5.74) is 1.99. The Balaban J connectivity index is 1.90. The molecule has 4 aromatic rings. The Hall–Kier alpha value is -3.09. The van der Waals surface area contributed by atoms with E-state index in [0.717, 1.165) is 5.56 Å². The van der Waals surface area contributed by atoms with Gasteiger partial charge in [-0.2, -0.15) is 9.61 Å². The van der Waals surface area contributed by atoms with Crippen LogP contribution in [-0.4, -0.2) is 29.4 Å². The molecule has 0 bridgehead atoms. The molecule has 7 nitrogen and oxygen atoms in total. The van der Waals surface area contributed by atoms with Crippen molar-refractivity contribution in [2.45, 2.75) is 6.54 Å². The maximum Gasteiger partial charge on any atom is 0.283 e. The van der Waals surface area contributed by atoms with Crippen LogP contribution < -0.4 is 5.56 Å². The predicted octanol–water partition coefficient (Wildman–Crippen LogP) is 0.882. The third-order valence-corrected chi connectivity index (χ3v) is 3.27. The molecule has 1 aromatic carbocycles. The molecule has 0 saturated heterocycles. The Labute approximate surface area is 118 Å². The molecule has 0 unspecified atom stereocenters. The summed E-state index contributed by atoms with van der Waals surface area (Å²) < 4.78 is 3.03. The molecule has 4 rings (SSSR count). The monoisotopic (exact) mass is 278 g/mol. The summed E-state index contributed by atoms with van der Waals surface area (Å²) in [4.78, 5) is 16.8. The van der Waals surface area contributed by atoms with Crippen LogP contribution in [0, 0.1) is 0 Å². The van der Waals surface area contributed by atoms with Crippen LogP contribution in [0.1, 0.15) is 5.56 Å². The van der Waals surface area contributed by atoms with Crippen LogP contribution in [0.5, 0.6) is 0 Å². The average molecular weight is 278 g/mol. The first-order chi connectivity index (χ1) is 10.3. The van der Waals surface area contributed by atoms with Gasteiger partial charge in [-0.1, -0.05) is 30.3 Å². The van der Waals surface area contributed by atoms with E-state index in [-0.39, 0.29) is 11.1 Å². The van der Waals surface area contributed by atoms with Gasteiger partial charge in [0.2, 0.25) is 0 Å². The topological polar surface area (TPSA) is 78.0 Å². The lowest BCUT2D eigenvalue weighted by molar-refractivity contribution is 0.737. The molecule has 0 N–H and O–H groups in total. The minimum atomic E-state index is -0.228. The number of nitrogens with zero attached hydrogens (tertiary/aromatic N) is 6. The highest BCUT2D eigenvalue weighted by molar-refractivity contribution is 5.70. The molecule has 0 aliphatic carbocycles. The highest BCUT2D eigenvalue weighted by Gasteiger charge is 2.10. The molecule has 21 heavy (non-hydrogen) atoms. The quantitative estimate of drug-likeness (QED) is 0.544. The minimum absolute atomic E-state index is 0.213. The maximum atomic E-state index is 12.5. The Kier molecular flexibility index (Phi) is 2.50. The molecular formula is C14H10N6O. The molecule has 0 spiro atoms. The Morgan fingerprint density at radius 3 is 2.76 bits per heavy atom. The van der Waals surface area contributed by atoms with Gasteiger partial charge in [-0.05, 0) is 5.56 Å². The zero-order chi connectivity index (χ0) is 14.2. The standard InChI is InChI=1S/C14H10N6O/c21-14-12-13(20-11(17-18-12)6-7-16-20)15-9-19(14)8-10-4-2-1-3-5-10/h1-7,9H,8H2. The third-order valence-electron chi connectivity index (χ3n) is 3.27. The van der Waals surface area contributed by atoms with Gasteiger partial charge in [0, 0.05) is 6.07 Å². The van der Waals surface area contributed by atoms with Crippen LogP contribution in [0.15, 0.2) is 53.7 Å². The van der Waals surface area contributed by atoms with Gasteiger partial charge < -0.3 is 0 Å². The molecule has 0 aliphatic heterocycles. The Morgan fingerprint density at radius 1 is 1.05 bits per heavy atom. The lowest BCUT2D eigenvalue weighted by Gasteiger charge is -2.06. The third kappa shape index (κ3) is 1.86. The van der Waals surface area contributed by atoms with Crippen molar-refractivity contribution in [3.05, 3.63) is 64.8 Å². The van der Waals surface area contributed by atoms with E-state index in [2.05, 4.69) is 20.3 Å². The van der Waals surface area contributed by atoms with E-state index in [4.69, 9.17) is 0 Å². The van der Waals surface area contributed by atoms with Crippen LogP contribution in [0.2, 0.25) is 0 Å². The Bertz CT molecular complexity index is 989. The maximum absolute atomic E-state index is 12.5. The van der Waals surface area contributed by atoms with Gasteiger partial charge in [0.25, 0.3) is 5.56 Å². The van der Waals surface area contributed by atoms with E-state index >= 15 is 0 Å². The van der Waals surface area contributed by atoms with Gasteiger partial charge in [-0.15, -0.1) is 10.2 Å². The lowest BCUT2D eigenvalue weighted by Crippen LogP contribution is -2.23. The Morgan fingerprint density at radius 2 is 1.90 bits per heavy atom. The molecule has 0 fully saturated rings. The summed E-state index contributed by atoms with van der Waals surface area (Å²) in [7, 11) is 0. The van der Waals surface area contributed by atoms with E-state index in [1.165, 1.54) is 15.4 Å². The van der Waals surface area contributed by atoms with Crippen LogP contribution in [-0.2, 0) is 6.54 Å². The van der Waals surface area contributed by atoms with Gasteiger partial charge in [-0.25, -0.2) is 4.98 Å². The van der Waals surface area contributed by atoms with Crippen molar-refractivity contribution in [3.63, 3.8) is 0 Å². The zero-order valence-electron chi connectivity index (χ0n) is 10.9. The van der Waals surface area contributed by atoms with Crippen molar-refractivity contribution in [1.29, 1.82) is 0 Å². The molecule has 0 radical (unpaired) electrons. The van der Waals surface area contributed by atoms with Crippen molar-refractivity contribution < 1.29 is 0 Å². The van der Waals surface area contributed by atoms with Crippen molar-refractivity contribution in [2.24, 2.45) is 0 Å². The van der Waals surface area contributed by atoms with E-state index in [0.29, 0.717) is 17.8 Å². The minimum Gasteiger partial charge on any atom is -0.293 e. The predicted molar refractivity (Wildman–Crippen MR) is 75.9 cm³/mol. The first kappa shape index (κ1) is 11.7. The zero-order valence-corrected chi connectivity index (χ0v) is 10.9. The fourth-order valence-corrected chi connectivity index (χ4v) is 2.24. The summed E-state index contributed by atoms with van der Waals surface area (Å²) in [5.74, 6) is 0. The average Bonchev–Trinajstić information content (AvgIpc) is 3.00. The van der Waals surface area contributed by atoms with Crippen molar-refractivity contribution >= 4 is 16.8 Å². The summed E-state index contributed by atoms with van der Waals surface area (Å²) in [6, 6.07) is 11.4. The van der Waals surface area contributed by atoms with Crippen LogP contribution >= 0.6 is 0 Å². The van der Waals surface area contributed by atoms with Crippen LogP contribution in [0.4, 0.5) is 0 Å². The molecular weight excluding hydrogens is 268 g/mol. The number of fused-ring (bicyclic) bond motifs is 3. The van der Waals surface area contributed by atoms with Crippen molar-refractivity contribution in [1.82, 2.24) is 29.4 Å². The molecule has 3 heterocycles. The molecule has 0 amide bonds. The van der Waals surface area contributed by atoms with E-state index in [9.17, 15) is 4.79 Å². The lowest BCUT2D eigenvalue weighted by atomic mass is 10.2. The highest BCUT2D eigenvalue weighted by atomic mass is 16.1. The molecule has 7 heteroatoms. The van der Waals surface area contributed by atoms with Gasteiger partial charge in [0.15, 0.2) is 16.8 Å².